The van der Waals surface area contributed by atoms with Crippen LogP contribution < -0.4 is 15.8 Å². The van der Waals surface area contributed by atoms with Crippen molar-refractivity contribution in [3.05, 3.63) is 29.3 Å². The summed E-state index contributed by atoms with van der Waals surface area (Å²) in [6.45, 7) is 4.07. The zero-order chi connectivity index (χ0) is 14.5. The van der Waals surface area contributed by atoms with Crippen molar-refractivity contribution in [2.75, 3.05) is 6.61 Å². The van der Waals surface area contributed by atoms with Gasteiger partial charge in [0.2, 0.25) is 0 Å². The van der Waals surface area contributed by atoms with Crippen molar-refractivity contribution in [1.82, 2.24) is 5.32 Å². The fourth-order valence-electron chi connectivity index (χ4n) is 2.47. The van der Waals surface area contributed by atoms with Crippen LogP contribution in [0.4, 0.5) is 0 Å². The Morgan fingerprint density at radius 3 is 3.10 bits per heavy atom. The molecule has 4 nitrogen and oxygen atoms in total. The summed E-state index contributed by atoms with van der Waals surface area (Å²) in [7, 11) is 0. The Morgan fingerprint density at radius 2 is 2.35 bits per heavy atom. The van der Waals surface area contributed by atoms with Crippen molar-refractivity contribution in [2.24, 2.45) is 5.73 Å². The third-order valence-electron chi connectivity index (χ3n) is 3.87. The van der Waals surface area contributed by atoms with Gasteiger partial charge in [-0.1, -0.05) is 13.0 Å². The van der Waals surface area contributed by atoms with Crippen LogP contribution in [-0.2, 0) is 11.2 Å². The topological polar surface area (TPSA) is 64.3 Å². The van der Waals surface area contributed by atoms with Gasteiger partial charge < -0.3 is 15.8 Å². The molecule has 4 heteroatoms. The minimum Gasteiger partial charge on any atom is -0.484 e. The maximum Gasteiger partial charge on any atom is 0.258 e. The van der Waals surface area contributed by atoms with Gasteiger partial charge >= 0.3 is 0 Å². The van der Waals surface area contributed by atoms with E-state index in [-0.39, 0.29) is 24.6 Å². The summed E-state index contributed by atoms with van der Waals surface area (Å²) < 4.78 is 5.56. The standard InChI is InChI=1S/C16H24N2O2/c1-3-11(2)18-16(19)10-20-13-8-7-12-5-4-6-15(17)14(12)9-13/h7-9,11,15H,3-6,10,17H2,1-2H3,(H,18,19). The summed E-state index contributed by atoms with van der Waals surface area (Å²) in [5, 5.41) is 2.88. The molecule has 3 N–H and O–H groups in total. The smallest absolute Gasteiger partial charge is 0.258 e. The number of hydrogen-bond acceptors (Lipinski definition) is 3. The lowest BCUT2D eigenvalue weighted by Gasteiger charge is -2.22. The Morgan fingerprint density at radius 1 is 1.55 bits per heavy atom. The molecular weight excluding hydrogens is 252 g/mol. The third-order valence-corrected chi connectivity index (χ3v) is 3.87. The van der Waals surface area contributed by atoms with Crippen molar-refractivity contribution in [1.29, 1.82) is 0 Å². The number of hydrogen-bond donors (Lipinski definition) is 2. The second-order valence-electron chi connectivity index (χ2n) is 5.52. The van der Waals surface area contributed by atoms with E-state index in [1.54, 1.807) is 0 Å². The van der Waals surface area contributed by atoms with E-state index in [1.807, 2.05) is 26.0 Å². The predicted octanol–water partition coefficient (Wildman–Crippen LogP) is 2.32. The van der Waals surface area contributed by atoms with Crippen LogP contribution >= 0.6 is 0 Å². The molecule has 0 fully saturated rings. The number of carbonyl (C=O) groups excluding carboxylic acids is 1. The van der Waals surface area contributed by atoms with E-state index in [4.69, 9.17) is 10.5 Å². The zero-order valence-electron chi connectivity index (χ0n) is 12.3. The van der Waals surface area contributed by atoms with E-state index in [0.717, 1.165) is 37.0 Å². The molecule has 20 heavy (non-hydrogen) atoms. The molecule has 2 rings (SSSR count). The summed E-state index contributed by atoms with van der Waals surface area (Å²) >= 11 is 0. The molecule has 2 unspecified atom stereocenters. The summed E-state index contributed by atoms with van der Waals surface area (Å²) in [5.74, 6) is 0.641. The molecule has 0 radical (unpaired) electrons. The molecule has 2 atom stereocenters. The summed E-state index contributed by atoms with van der Waals surface area (Å²) in [5.41, 5.74) is 8.59. The summed E-state index contributed by atoms with van der Waals surface area (Å²) in [6, 6.07) is 6.25. The molecule has 0 aromatic heterocycles. The number of carbonyl (C=O) groups is 1. The van der Waals surface area contributed by atoms with E-state index in [2.05, 4.69) is 11.4 Å². The first-order valence-electron chi connectivity index (χ1n) is 7.40. The van der Waals surface area contributed by atoms with Crippen LogP contribution in [0.1, 0.15) is 50.3 Å². The van der Waals surface area contributed by atoms with Crippen LogP contribution in [-0.4, -0.2) is 18.6 Å². The molecule has 110 valence electrons. The highest BCUT2D eigenvalue weighted by Gasteiger charge is 2.17. The van der Waals surface area contributed by atoms with Gasteiger partial charge in [-0.05, 0) is 55.9 Å². The monoisotopic (exact) mass is 276 g/mol. The highest BCUT2D eigenvalue weighted by atomic mass is 16.5. The van der Waals surface area contributed by atoms with Gasteiger partial charge in [0.25, 0.3) is 5.91 Å². The number of benzene rings is 1. The minimum atomic E-state index is -0.0821. The fourth-order valence-corrected chi connectivity index (χ4v) is 2.47. The second-order valence-corrected chi connectivity index (χ2v) is 5.52. The van der Waals surface area contributed by atoms with Crippen LogP contribution in [0.5, 0.6) is 5.75 Å². The maximum absolute atomic E-state index is 11.7. The highest BCUT2D eigenvalue weighted by Crippen LogP contribution is 2.30. The van der Waals surface area contributed by atoms with Gasteiger partial charge in [-0.2, -0.15) is 0 Å². The van der Waals surface area contributed by atoms with E-state index in [0.29, 0.717) is 0 Å². The van der Waals surface area contributed by atoms with Crippen LogP contribution in [0.2, 0.25) is 0 Å². The lowest BCUT2D eigenvalue weighted by atomic mass is 9.88. The number of nitrogens with two attached hydrogens (primary N) is 1. The van der Waals surface area contributed by atoms with Crippen LogP contribution in [0, 0.1) is 0 Å². The van der Waals surface area contributed by atoms with E-state index < -0.39 is 0 Å². The first kappa shape index (κ1) is 14.9. The highest BCUT2D eigenvalue weighted by molar-refractivity contribution is 5.77. The zero-order valence-corrected chi connectivity index (χ0v) is 12.3. The number of ether oxygens (including phenoxy) is 1. The molecule has 0 spiro atoms. The van der Waals surface area contributed by atoms with Crippen molar-refractivity contribution < 1.29 is 9.53 Å². The number of aryl methyl sites for hydroxylation is 1. The number of amides is 1. The van der Waals surface area contributed by atoms with Crippen LogP contribution in [0.3, 0.4) is 0 Å². The lowest BCUT2D eigenvalue weighted by molar-refractivity contribution is -0.123. The largest absolute Gasteiger partial charge is 0.484 e. The van der Waals surface area contributed by atoms with E-state index in [9.17, 15) is 4.79 Å². The first-order chi connectivity index (χ1) is 9.60. The summed E-state index contributed by atoms with van der Waals surface area (Å²) in [6.07, 6.45) is 4.16. The number of nitrogens with one attached hydrogen (secondary N) is 1. The molecular formula is C16H24N2O2. The van der Waals surface area contributed by atoms with Crippen LogP contribution in [0.25, 0.3) is 0 Å². The quantitative estimate of drug-likeness (QED) is 0.867. The average molecular weight is 276 g/mol. The molecule has 1 aliphatic carbocycles. The molecule has 0 bridgehead atoms. The normalized spacial score (nSPS) is 19.1. The number of rotatable bonds is 5. The molecule has 0 heterocycles. The SMILES string of the molecule is CCC(C)NC(=O)COc1ccc2c(c1)C(N)CCC2. The predicted molar refractivity (Wildman–Crippen MR) is 79.7 cm³/mol. The molecule has 1 amide bonds. The van der Waals surface area contributed by atoms with E-state index in [1.165, 1.54) is 5.56 Å². The third kappa shape index (κ3) is 3.73. The summed E-state index contributed by atoms with van der Waals surface area (Å²) in [4.78, 5) is 11.7. The number of fused-ring (bicyclic) bond motifs is 1. The fraction of sp³-hybridized carbons (Fsp3) is 0.562. The Balaban J connectivity index is 1.94. The van der Waals surface area contributed by atoms with Gasteiger partial charge in [0, 0.05) is 12.1 Å². The average Bonchev–Trinajstić information content (AvgIpc) is 2.45. The van der Waals surface area contributed by atoms with E-state index >= 15 is 0 Å². The van der Waals surface area contributed by atoms with Gasteiger partial charge in [-0.25, -0.2) is 0 Å². The Kier molecular flexibility index (Phi) is 5.01. The van der Waals surface area contributed by atoms with Gasteiger partial charge in [-0.15, -0.1) is 0 Å². The van der Waals surface area contributed by atoms with Gasteiger partial charge in [0.15, 0.2) is 6.61 Å². The molecule has 0 aliphatic heterocycles. The van der Waals surface area contributed by atoms with Gasteiger partial charge in [0.1, 0.15) is 5.75 Å². The van der Waals surface area contributed by atoms with Gasteiger partial charge in [0.05, 0.1) is 0 Å². The molecule has 1 aromatic carbocycles. The van der Waals surface area contributed by atoms with Crippen LogP contribution in [0.15, 0.2) is 18.2 Å². The Labute approximate surface area is 120 Å². The molecule has 0 saturated heterocycles. The van der Waals surface area contributed by atoms with Gasteiger partial charge in [-0.3, -0.25) is 4.79 Å². The Hall–Kier alpha value is -1.55. The Bertz CT molecular complexity index is 474. The minimum absolute atomic E-state index is 0.0539. The molecule has 1 aliphatic rings. The van der Waals surface area contributed by atoms with Crippen molar-refractivity contribution in [2.45, 2.75) is 51.6 Å². The van der Waals surface area contributed by atoms with Crippen molar-refractivity contribution in [3.8, 4) is 5.75 Å². The van der Waals surface area contributed by atoms with Crippen molar-refractivity contribution in [3.63, 3.8) is 0 Å². The molecule has 1 aromatic rings. The maximum atomic E-state index is 11.7. The second kappa shape index (κ2) is 6.75. The van der Waals surface area contributed by atoms with Crippen molar-refractivity contribution >= 4 is 5.91 Å². The lowest BCUT2D eigenvalue weighted by Crippen LogP contribution is -2.35. The molecule has 0 saturated carbocycles. The first-order valence-corrected chi connectivity index (χ1v) is 7.40.